The van der Waals surface area contributed by atoms with Crippen molar-refractivity contribution < 1.29 is 14.6 Å². The third-order valence-corrected chi connectivity index (χ3v) is 5.24. The van der Waals surface area contributed by atoms with Crippen LogP contribution in [0.15, 0.2) is 64.8 Å². The van der Waals surface area contributed by atoms with E-state index >= 15 is 0 Å². The number of fused-ring (bicyclic) bond motifs is 1. The van der Waals surface area contributed by atoms with Gasteiger partial charge in [-0.25, -0.2) is 9.78 Å². The molecule has 0 aliphatic rings. The van der Waals surface area contributed by atoms with Gasteiger partial charge in [0.25, 0.3) is 5.56 Å². The molecule has 4 rings (SSSR count). The molecule has 0 unspecified atom stereocenters. The van der Waals surface area contributed by atoms with E-state index in [4.69, 9.17) is 4.74 Å². The molecule has 28 heavy (non-hydrogen) atoms. The highest BCUT2D eigenvalue weighted by Gasteiger charge is 2.11. The van der Waals surface area contributed by atoms with E-state index in [0.717, 1.165) is 16.8 Å². The van der Waals surface area contributed by atoms with Crippen LogP contribution in [-0.4, -0.2) is 20.5 Å². The Kier molecular flexibility index (Phi) is 4.67. The number of phenolic OH excluding ortho intramolecular Hbond substituents is 1. The van der Waals surface area contributed by atoms with E-state index in [2.05, 4.69) is 4.98 Å². The predicted molar refractivity (Wildman–Crippen MR) is 107 cm³/mol. The maximum absolute atomic E-state index is 12.3. The second kappa shape index (κ2) is 7.28. The molecule has 0 amide bonds. The van der Waals surface area contributed by atoms with E-state index in [1.165, 1.54) is 21.8 Å². The molecule has 7 heteroatoms. The highest BCUT2D eigenvalue weighted by Crippen LogP contribution is 2.22. The van der Waals surface area contributed by atoms with Crippen LogP contribution < -0.4 is 5.56 Å². The molecule has 0 radical (unpaired) electrons. The third-order valence-electron chi connectivity index (χ3n) is 4.30. The number of rotatable bonds is 4. The molecular formula is C21H16N2O4S. The number of carbonyl (C=O) groups excluding carboxylic acids is 1. The Hall–Kier alpha value is -3.45. The molecule has 0 fully saturated rings. The Morgan fingerprint density at radius 1 is 1.11 bits per heavy atom. The lowest BCUT2D eigenvalue weighted by Gasteiger charge is -2.06. The van der Waals surface area contributed by atoms with Crippen molar-refractivity contribution in [2.24, 2.45) is 0 Å². The number of phenols is 1. The summed E-state index contributed by atoms with van der Waals surface area (Å²) in [7, 11) is 0. The molecule has 0 aliphatic carbocycles. The van der Waals surface area contributed by atoms with Crippen LogP contribution in [0.3, 0.4) is 0 Å². The van der Waals surface area contributed by atoms with Gasteiger partial charge in [-0.05, 0) is 42.3 Å². The van der Waals surface area contributed by atoms with Gasteiger partial charge in [0.15, 0.2) is 4.96 Å². The maximum atomic E-state index is 12.3. The minimum Gasteiger partial charge on any atom is -0.508 e. The van der Waals surface area contributed by atoms with Crippen LogP contribution >= 0.6 is 11.3 Å². The first-order valence-electron chi connectivity index (χ1n) is 8.54. The Morgan fingerprint density at radius 3 is 2.43 bits per heavy atom. The summed E-state index contributed by atoms with van der Waals surface area (Å²) < 4.78 is 6.83. The van der Waals surface area contributed by atoms with E-state index in [9.17, 15) is 14.7 Å². The van der Waals surface area contributed by atoms with Gasteiger partial charge in [-0.1, -0.05) is 24.3 Å². The predicted octanol–water partition coefficient (Wildman–Crippen LogP) is 3.79. The van der Waals surface area contributed by atoms with Gasteiger partial charge in [-0.3, -0.25) is 9.20 Å². The van der Waals surface area contributed by atoms with Crippen molar-refractivity contribution in [1.82, 2.24) is 9.38 Å². The number of hydrogen-bond donors (Lipinski definition) is 1. The molecular weight excluding hydrogens is 376 g/mol. The Morgan fingerprint density at radius 2 is 1.75 bits per heavy atom. The molecule has 1 N–H and O–H groups in total. The fourth-order valence-corrected chi connectivity index (χ4v) is 3.74. The third kappa shape index (κ3) is 3.52. The average molecular weight is 392 g/mol. The lowest BCUT2D eigenvalue weighted by atomic mass is 10.0. The summed E-state index contributed by atoms with van der Waals surface area (Å²) in [5.41, 5.74) is 3.32. The second-order valence-electron chi connectivity index (χ2n) is 6.28. The Labute approximate surface area is 164 Å². The van der Waals surface area contributed by atoms with Crippen LogP contribution in [-0.2, 0) is 11.3 Å². The number of thiazole rings is 1. The van der Waals surface area contributed by atoms with Crippen molar-refractivity contribution in [1.29, 1.82) is 0 Å². The Bertz CT molecular complexity index is 1210. The highest BCUT2D eigenvalue weighted by molar-refractivity contribution is 7.15. The molecule has 2 aromatic heterocycles. The quantitative estimate of drug-likeness (QED) is 0.535. The Balaban J connectivity index is 1.46. The van der Waals surface area contributed by atoms with Crippen molar-refractivity contribution in [3.8, 4) is 16.9 Å². The van der Waals surface area contributed by atoms with Gasteiger partial charge in [0.1, 0.15) is 12.4 Å². The summed E-state index contributed by atoms with van der Waals surface area (Å²) in [6.45, 7) is 1.77. The van der Waals surface area contributed by atoms with E-state index in [0.29, 0.717) is 16.2 Å². The SMILES string of the molecule is Cc1csc2nc(COC(=O)c3ccc(-c4ccc(O)cc4)cc3)cc(=O)n12. The van der Waals surface area contributed by atoms with Crippen molar-refractivity contribution in [3.63, 3.8) is 0 Å². The molecule has 2 heterocycles. The van der Waals surface area contributed by atoms with Crippen LogP contribution in [0.1, 0.15) is 21.7 Å². The van der Waals surface area contributed by atoms with Gasteiger partial charge < -0.3 is 9.84 Å². The van der Waals surface area contributed by atoms with Crippen molar-refractivity contribution in [2.45, 2.75) is 13.5 Å². The van der Waals surface area contributed by atoms with Gasteiger partial charge in [0, 0.05) is 17.1 Å². The van der Waals surface area contributed by atoms with Crippen LogP contribution in [0.5, 0.6) is 5.75 Å². The molecule has 6 nitrogen and oxygen atoms in total. The van der Waals surface area contributed by atoms with Crippen LogP contribution in [0.2, 0.25) is 0 Å². The van der Waals surface area contributed by atoms with Gasteiger partial charge in [0.05, 0.1) is 11.3 Å². The lowest BCUT2D eigenvalue weighted by Crippen LogP contribution is -2.16. The number of carbonyl (C=O) groups is 1. The second-order valence-corrected chi connectivity index (χ2v) is 7.12. The number of ether oxygens (including phenoxy) is 1. The minimum atomic E-state index is -0.485. The number of esters is 1. The largest absolute Gasteiger partial charge is 0.508 e. The fraction of sp³-hybridized carbons (Fsp3) is 0.0952. The number of benzene rings is 2. The maximum Gasteiger partial charge on any atom is 0.338 e. The van der Waals surface area contributed by atoms with E-state index in [1.54, 1.807) is 36.4 Å². The van der Waals surface area contributed by atoms with Gasteiger partial charge in [-0.15, -0.1) is 11.3 Å². The first-order valence-corrected chi connectivity index (χ1v) is 9.42. The normalized spacial score (nSPS) is 10.9. The first-order chi connectivity index (χ1) is 13.5. The summed E-state index contributed by atoms with van der Waals surface area (Å²) >= 11 is 1.37. The molecule has 0 bridgehead atoms. The van der Waals surface area contributed by atoms with Gasteiger partial charge in [0.2, 0.25) is 0 Å². The zero-order valence-electron chi connectivity index (χ0n) is 15.0. The molecule has 0 saturated heterocycles. The van der Waals surface area contributed by atoms with E-state index in [1.807, 2.05) is 24.4 Å². The molecule has 0 atom stereocenters. The minimum absolute atomic E-state index is 0.0682. The summed E-state index contributed by atoms with van der Waals surface area (Å²) in [4.78, 5) is 29.4. The molecule has 0 aliphatic heterocycles. The number of aromatic nitrogens is 2. The standard InChI is InChI=1S/C21H16N2O4S/c1-13-12-28-21-22-17(10-19(25)23(13)21)11-27-20(26)16-4-2-14(3-5-16)15-6-8-18(24)9-7-15/h2-10,12,24H,11H2,1H3. The van der Waals surface area contributed by atoms with Crippen molar-refractivity contribution in [3.05, 3.63) is 87.3 Å². The summed E-state index contributed by atoms with van der Waals surface area (Å²) in [5.74, 6) is -0.283. The topological polar surface area (TPSA) is 80.9 Å². The molecule has 0 saturated carbocycles. The number of nitrogens with zero attached hydrogens (tertiary/aromatic N) is 2. The van der Waals surface area contributed by atoms with Crippen molar-refractivity contribution in [2.75, 3.05) is 0 Å². The summed E-state index contributed by atoms with van der Waals surface area (Å²) in [6.07, 6.45) is 0. The highest BCUT2D eigenvalue weighted by atomic mass is 32.1. The molecule has 4 aromatic rings. The lowest BCUT2D eigenvalue weighted by molar-refractivity contribution is 0.0468. The zero-order chi connectivity index (χ0) is 19.7. The van der Waals surface area contributed by atoms with Gasteiger partial charge in [-0.2, -0.15) is 0 Å². The van der Waals surface area contributed by atoms with Gasteiger partial charge >= 0.3 is 5.97 Å². The van der Waals surface area contributed by atoms with E-state index in [-0.39, 0.29) is 17.9 Å². The monoisotopic (exact) mass is 392 g/mol. The fourth-order valence-electron chi connectivity index (χ4n) is 2.85. The van der Waals surface area contributed by atoms with E-state index < -0.39 is 5.97 Å². The van der Waals surface area contributed by atoms with Crippen molar-refractivity contribution >= 4 is 22.3 Å². The average Bonchev–Trinajstić information content (AvgIpc) is 3.08. The molecule has 0 spiro atoms. The summed E-state index contributed by atoms with van der Waals surface area (Å²) in [5, 5.41) is 11.2. The number of aryl methyl sites for hydroxylation is 1. The smallest absolute Gasteiger partial charge is 0.338 e. The molecule has 2 aromatic carbocycles. The van der Waals surface area contributed by atoms with Crippen LogP contribution in [0.25, 0.3) is 16.1 Å². The zero-order valence-corrected chi connectivity index (χ0v) is 15.8. The molecule has 140 valence electrons. The van der Waals surface area contributed by atoms with Crippen LogP contribution in [0.4, 0.5) is 0 Å². The number of aromatic hydroxyl groups is 1. The first kappa shape index (κ1) is 17.9. The number of hydrogen-bond acceptors (Lipinski definition) is 6. The van der Waals surface area contributed by atoms with Crippen LogP contribution in [0, 0.1) is 6.92 Å². The summed E-state index contributed by atoms with van der Waals surface area (Å²) in [6, 6.07) is 15.2.